The minimum atomic E-state index is -0.450. The molecule has 0 bridgehead atoms. The Morgan fingerprint density at radius 1 is 1.29 bits per heavy atom. The van der Waals surface area contributed by atoms with E-state index < -0.39 is 5.82 Å². The zero-order chi connectivity index (χ0) is 12.3. The van der Waals surface area contributed by atoms with Crippen LogP contribution < -0.4 is 0 Å². The Morgan fingerprint density at radius 2 is 2.12 bits per heavy atom. The van der Waals surface area contributed by atoms with Gasteiger partial charge in [0.1, 0.15) is 5.01 Å². The Hall–Kier alpha value is -0.710. The highest BCUT2D eigenvalue weighted by molar-refractivity contribution is 7.14. The van der Waals surface area contributed by atoms with Crippen LogP contribution in [0.3, 0.4) is 0 Å². The van der Waals surface area contributed by atoms with Crippen molar-refractivity contribution in [1.29, 1.82) is 0 Å². The molecular weight excluding hydrogens is 282 g/mol. The first-order chi connectivity index (χ1) is 8.22. The molecule has 1 aromatic heterocycles. The highest BCUT2D eigenvalue weighted by atomic mass is 35.5. The Labute approximate surface area is 112 Å². The number of aryl methyl sites for hydroxylation is 1. The molecule has 0 fully saturated rings. The van der Waals surface area contributed by atoms with Gasteiger partial charge in [-0.2, -0.15) is 0 Å². The Bertz CT molecular complexity index is 516. The number of benzene rings is 1. The summed E-state index contributed by atoms with van der Waals surface area (Å²) in [6, 6.07) is 4.85. The smallest absolute Gasteiger partial charge is 0.152 e. The van der Waals surface area contributed by atoms with Crippen molar-refractivity contribution < 1.29 is 4.39 Å². The van der Waals surface area contributed by atoms with Gasteiger partial charge >= 0.3 is 0 Å². The van der Waals surface area contributed by atoms with Crippen LogP contribution in [0.1, 0.15) is 11.4 Å². The van der Waals surface area contributed by atoms with Crippen LogP contribution >= 0.6 is 34.5 Å². The van der Waals surface area contributed by atoms with Crippen LogP contribution in [0.15, 0.2) is 18.2 Å². The average Bonchev–Trinajstić information content (AvgIpc) is 2.78. The minimum absolute atomic E-state index is 0.0972. The fourth-order valence-corrected chi connectivity index (χ4v) is 2.56. The van der Waals surface area contributed by atoms with Crippen LogP contribution in [-0.4, -0.2) is 16.1 Å². The summed E-state index contributed by atoms with van der Waals surface area (Å²) in [6.45, 7) is 0. The summed E-state index contributed by atoms with van der Waals surface area (Å²) >= 11 is 12.7. The molecule has 0 unspecified atom stereocenters. The average molecular weight is 291 g/mol. The minimum Gasteiger partial charge on any atom is -0.205 e. The van der Waals surface area contributed by atoms with Gasteiger partial charge in [0.25, 0.3) is 0 Å². The third kappa shape index (κ3) is 2.94. The second kappa shape index (κ2) is 5.76. The van der Waals surface area contributed by atoms with E-state index in [1.54, 1.807) is 12.1 Å². The summed E-state index contributed by atoms with van der Waals surface area (Å²) in [5, 5.41) is 9.48. The first-order valence-electron chi connectivity index (χ1n) is 5.05. The SMILES string of the molecule is Fc1c(Cl)cccc1-c1nnc(CCCCl)s1. The van der Waals surface area contributed by atoms with E-state index in [0.717, 1.165) is 17.8 Å². The molecule has 1 heterocycles. The van der Waals surface area contributed by atoms with Crippen LogP contribution in [0.4, 0.5) is 4.39 Å². The lowest BCUT2D eigenvalue weighted by atomic mass is 10.2. The number of aromatic nitrogens is 2. The molecule has 0 saturated heterocycles. The molecule has 0 aliphatic carbocycles. The molecule has 2 rings (SSSR count). The van der Waals surface area contributed by atoms with Crippen molar-refractivity contribution in [3.05, 3.63) is 34.0 Å². The molecule has 90 valence electrons. The number of hydrogen-bond donors (Lipinski definition) is 0. The van der Waals surface area contributed by atoms with Gasteiger partial charge in [-0.05, 0) is 18.6 Å². The van der Waals surface area contributed by atoms with Gasteiger partial charge < -0.3 is 0 Å². The van der Waals surface area contributed by atoms with Crippen molar-refractivity contribution in [2.24, 2.45) is 0 Å². The van der Waals surface area contributed by atoms with Gasteiger partial charge in [0.15, 0.2) is 10.8 Å². The first-order valence-corrected chi connectivity index (χ1v) is 6.78. The van der Waals surface area contributed by atoms with Crippen molar-refractivity contribution in [2.45, 2.75) is 12.8 Å². The summed E-state index contributed by atoms with van der Waals surface area (Å²) in [5.41, 5.74) is 0.395. The maximum absolute atomic E-state index is 13.7. The van der Waals surface area contributed by atoms with Crippen LogP contribution in [0.5, 0.6) is 0 Å². The van der Waals surface area contributed by atoms with Gasteiger partial charge in [-0.1, -0.05) is 29.0 Å². The van der Waals surface area contributed by atoms with E-state index in [0.29, 0.717) is 16.5 Å². The zero-order valence-electron chi connectivity index (χ0n) is 8.79. The predicted molar refractivity (Wildman–Crippen MR) is 69.4 cm³/mol. The van der Waals surface area contributed by atoms with Gasteiger partial charge in [-0.15, -0.1) is 21.8 Å². The Balaban J connectivity index is 2.27. The molecule has 0 N–H and O–H groups in total. The van der Waals surface area contributed by atoms with E-state index in [2.05, 4.69) is 10.2 Å². The second-order valence-electron chi connectivity index (χ2n) is 3.39. The van der Waals surface area contributed by atoms with E-state index in [1.807, 2.05) is 0 Å². The van der Waals surface area contributed by atoms with Crippen molar-refractivity contribution in [2.75, 3.05) is 5.88 Å². The van der Waals surface area contributed by atoms with Gasteiger partial charge in [0.2, 0.25) is 0 Å². The number of hydrogen-bond acceptors (Lipinski definition) is 3. The highest BCUT2D eigenvalue weighted by Gasteiger charge is 2.13. The molecule has 0 atom stereocenters. The number of rotatable bonds is 4. The van der Waals surface area contributed by atoms with Crippen LogP contribution in [0.25, 0.3) is 10.6 Å². The molecule has 0 aliphatic heterocycles. The van der Waals surface area contributed by atoms with Crippen LogP contribution in [0, 0.1) is 5.82 Å². The third-order valence-corrected chi connectivity index (χ3v) is 3.75. The molecule has 2 nitrogen and oxygen atoms in total. The monoisotopic (exact) mass is 290 g/mol. The summed E-state index contributed by atoms with van der Waals surface area (Å²) < 4.78 is 13.7. The molecule has 2 aromatic rings. The lowest BCUT2D eigenvalue weighted by Crippen LogP contribution is -1.85. The van der Waals surface area contributed by atoms with Gasteiger partial charge in [0.05, 0.1) is 5.02 Å². The summed E-state index contributed by atoms with van der Waals surface area (Å²) in [7, 11) is 0. The summed E-state index contributed by atoms with van der Waals surface area (Å²) in [6.07, 6.45) is 1.61. The van der Waals surface area contributed by atoms with Crippen LogP contribution in [0.2, 0.25) is 5.02 Å². The summed E-state index contributed by atoms with van der Waals surface area (Å²) in [5.74, 6) is 0.134. The van der Waals surface area contributed by atoms with Crippen molar-refractivity contribution in [3.63, 3.8) is 0 Å². The maximum atomic E-state index is 13.7. The zero-order valence-corrected chi connectivity index (χ0v) is 11.1. The Morgan fingerprint density at radius 3 is 2.88 bits per heavy atom. The normalized spacial score (nSPS) is 10.8. The number of alkyl halides is 1. The topological polar surface area (TPSA) is 25.8 Å². The second-order valence-corrected chi connectivity index (χ2v) is 5.24. The van der Waals surface area contributed by atoms with E-state index in [1.165, 1.54) is 17.4 Å². The molecule has 1 aromatic carbocycles. The van der Waals surface area contributed by atoms with E-state index in [4.69, 9.17) is 23.2 Å². The van der Waals surface area contributed by atoms with E-state index in [-0.39, 0.29) is 5.02 Å². The molecule has 0 saturated carbocycles. The fourth-order valence-electron chi connectivity index (χ4n) is 1.35. The third-order valence-electron chi connectivity index (χ3n) is 2.17. The van der Waals surface area contributed by atoms with Gasteiger partial charge in [-0.25, -0.2) is 4.39 Å². The summed E-state index contributed by atoms with van der Waals surface area (Å²) in [4.78, 5) is 0. The van der Waals surface area contributed by atoms with Crippen molar-refractivity contribution in [1.82, 2.24) is 10.2 Å². The molecule has 0 radical (unpaired) electrons. The lowest BCUT2D eigenvalue weighted by Gasteiger charge is -1.99. The fraction of sp³-hybridized carbons (Fsp3) is 0.273. The molecule has 0 amide bonds. The highest BCUT2D eigenvalue weighted by Crippen LogP contribution is 2.29. The Kier molecular flexibility index (Phi) is 4.31. The van der Waals surface area contributed by atoms with Crippen molar-refractivity contribution >= 4 is 34.5 Å². The largest absolute Gasteiger partial charge is 0.205 e. The molecule has 6 heteroatoms. The molecule has 17 heavy (non-hydrogen) atoms. The van der Waals surface area contributed by atoms with E-state index >= 15 is 0 Å². The molecular formula is C11H9Cl2FN2S. The molecule has 0 spiro atoms. The standard InChI is InChI=1S/C11H9Cl2FN2S/c12-6-2-5-9-15-16-11(17-9)7-3-1-4-8(13)10(7)14/h1,3-4H,2,5-6H2. The van der Waals surface area contributed by atoms with E-state index in [9.17, 15) is 4.39 Å². The van der Waals surface area contributed by atoms with Gasteiger partial charge in [0, 0.05) is 17.9 Å². The van der Waals surface area contributed by atoms with Gasteiger partial charge in [-0.3, -0.25) is 0 Å². The molecule has 0 aliphatic rings. The maximum Gasteiger partial charge on any atom is 0.152 e. The lowest BCUT2D eigenvalue weighted by molar-refractivity contribution is 0.631. The van der Waals surface area contributed by atoms with Crippen molar-refractivity contribution in [3.8, 4) is 10.6 Å². The predicted octanol–water partition coefficient (Wildman–Crippen LogP) is 4.17. The van der Waals surface area contributed by atoms with Crippen LogP contribution in [-0.2, 0) is 6.42 Å². The number of halogens is 3. The first kappa shape index (κ1) is 12.7. The number of nitrogens with zero attached hydrogens (tertiary/aromatic N) is 2. The quantitative estimate of drug-likeness (QED) is 0.790.